The van der Waals surface area contributed by atoms with E-state index >= 15 is 0 Å². The zero-order chi connectivity index (χ0) is 12.5. The maximum atomic E-state index is 10.2. The summed E-state index contributed by atoms with van der Waals surface area (Å²) in [7, 11) is 0. The molecule has 0 fully saturated rings. The van der Waals surface area contributed by atoms with Crippen LogP contribution in [0.4, 0.5) is 5.69 Å². The molecule has 0 spiro atoms. The van der Waals surface area contributed by atoms with E-state index in [1.807, 2.05) is 18.2 Å². The van der Waals surface area contributed by atoms with Gasteiger partial charge < -0.3 is 4.90 Å². The summed E-state index contributed by atoms with van der Waals surface area (Å²) in [4.78, 5) is 12.6. The molecule has 0 amide bonds. The van der Waals surface area contributed by atoms with Crippen LogP contribution in [-0.2, 0) is 4.79 Å². The summed E-state index contributed by atoms with van der Waals surface area (Å²) in [6, 6.07) is 8.34. The highest BCUT2D eigenvalue weighted by atomic mass is 16.1. The average molecular weight is 231 g/mol. The lowest BCUT2D eigenvalue weighted by molar-refractivity contribution is -0.104. The van der Waals surface area contributed by atoms with Crippen LogP contribution in [0.1, 0.15) is 32.3 Å². The number of nitrogens with zero attached hydrogens (tertiary/aromatic N) is 1. The van der Waals surface area contributed by atoms with E-state index in [9.17, 15) is 4.79 Å². The molecule has 0 heterocycles. The lowest BCUT2D eigenvalue weighted by Crippen LogP contribution is -2.24. The number of carbonyl (C=O) groups excluding carboxylic acids is 1. The van der Waals surface area contributed by atoms with E-state index in [4.69, 9.17) is 0 Å². The number of rotatable bonds is 7. The Kier molecular flexibility index (Phi) is 6.08. The van der Waals surface area contributed by atoms with E-state index in [2.05, 4.69) is 30.9 Å². The van der Waals surface area contributed by atoms with E-state index in [1.54, 1.807) is 0 Å². The first-order valence-electron chi connectivity index (χ1n) is 6.28. The highest BCUT2D eigenvalue weighted by molar-refractivity contribution is 5.74. The molecular weight excluding hydrogens is 210 g/mol. The second-order valence-corrected chi connectivity index (χ2v) is 4.07. The van der Waals surface area contributed by atoms with Crippen molar-refractivity contribution in [3.63, 3.8) is 0 Å². The first-order chi connectivity index (χ1) is 8.31. The van der Waals surface area contributed by atoms with Crippen molar-refractivity contribution in [2.45, 2.75) is 26.7 Å². The maximum Gasteiger partial charge on any atom is 0.142 e. The molecule has 0 aromatic heterocycles. The molecule has 0 aliphatic carbocycles. The van der Waals surface area contributed by atoms with E-state index < -0.39 is 0 Å². The molecule has 0 aliphatic rings. The SMILES string of the molecule is CCCN(CCC)c1ccc(C=CC=O)cc1. The van der Waals surface area contributed by atoms with Crippen molar-refractivity contribution in [3.05, 3.63) is 35.9 Å². The van der Waals surface area contributed by atoms with E-state index in [1.165, 1.54) is 11.8 Å². The van der Waals surface area contributed by atoms with Crippen LogP contribution in [0.15, 0.2) is 30.3 Å². The molecule has 2 nitrogen and oxygen atoms in total. The molecule has 0 bridgehead atoms. The number of anilines is 1. The predicted octanol–water partition coefficient (Wildman–Crippen LogP) is 3.53. The molecule has 0 saturated carbocycles. The number of aldehydes is 1. The third-order valence-electron chi connectivity index (χ3n) is 2.61. The van der Waals surface area contributed by atoms with Crippen LogP contribution < -0.4 is 4.90 Å². The van der Waals surface area contributed by atoms with E-state index in [0.717, 1.165) is 37.8 Å². The number of carbonyl (C=O) groups is 1. The normalized spacial score (nSPS) is 10.7. The van der Waals surface area contributed by atoms with Gasteiger partial charge in [-0.25, -0.2) is 0 Å². The minimum absolute atomic E-state index is 0.800. The first kappa shape index (κ1) is 13.5. The Balaban J connectivity index is 2.76. The number of benzene rings is 1. The monoisotopic (exact) mass is 231 g/mol. The highest BCUT2D eigenvalue weighted by Gasteiger charge is 2.03. The van der Waals surface area contributed by atoms with Gasteiger partial charge in [-0.2, -0.15) is 0 Å². The lowest BCUT2D eigenvalue weighted by Gasteiger charge is -2.23. The van der Waals surface area contributed by atoms with Gasteiger partial charge in [-0.05, 0) is 36.6 Å². The summed E-state index contributed by atoms with van der Waals surface area (Å²) in [6.45, 7) is 6.59. The van der Waals surface area contributed by atoms with Crippen LogP contribution in [0.25, 0.3) is 6.08 Å². The summed E-state index contributed by atoms with van der Waals surface area (Å²) in [5.41, 5.74) is 2.32. The minimum atomic E-state index is 0.800. The molecule has 1 rings (SSSR count). The molecule has 2 heteroatoms. The van der Waals surface area contributed by atoms with Gasteiger partial charge in [0.2, 0.25) is 0 Å². The van der Waals surface area contributed by atoms with Crippen molar-refractivity contribution < 1.29 is 4.79 Å². The molecule has 0 saturated heterocycles. The van der Waals surface area contributed by atoms with Crippen LogP contribution >= 0.6 is 0 Å². The summed E-state index contributed by atoms with van der Waals surface area (Å²) in [6.07, 6.45) is 6.46. The Morgan fingerprint density at radius 2 is 1.65 bits per heavy atom. The number of hydrogen-bond acceptors (Lipinski definition) is 2. The first-order valence-corrected chi connectivity index (χ1v) is 6.28. The van der Waals surface area contributed by atoms with Gasteiger partial charge in [0.15, 0.2) is 0 Å². The van der Waals surface area contributed by atoms with Gasteiger partial charge in [0.1, 0.15) is 6.29 Å². The Hall–Kier alpha value is -1.57. The van der Waals surface area contributed by atoms with E-state index in [0.29, 0.717) is 0 Å². The summed E-state index contributed by atoms with van der Waals surface area (Å²) >= 11 is 0. The molecule has 17 heavy (non-hydrogen) atoms. The number of allylic oxidation sites excluding steroid dienone is 1. The van der Waals surface area contributed by atoms with Crippen LogP contribution in [0.2, 0.25) is 0 Å². The van der Waals surface area contributed by atoms with Crippen molar-refractivity contribution in [2.75, 3.05) is 18.0 Å². The van der Waals surface area contributed by atoms with Crippen molar-refractivity contribution in [2.24, 2.45) is 0 Å². The zero-order valence-corrected chi connectivity index (χ0v) is 10.7. The van der Waals surface area contributed by atoms with Gasteiger partial charge in [-0.3, -0.25) is 4.79 Å². The second-order valence-electron chi connectivity index (χ2n) is 4.07. The van der Waals surface area contributed by atoms with Crippen LogP contribution in [0.5, 0.6) is 0 Å². The summed E-state index contributed by atoms with van der Waals surface area (Å²) in [5, 5.41) is 0. The van der Waals surface area contributed by atoms with Gasteiger partial charge in [0, 0.05) is 18.8 Å². The minimum Gasteiger partial charge on any atom is -0.372 e. The largest absolute Gasteiger partial charge is 0.372 e. The Morgan fingerprint density at radius 3 is 2.12 bits per heavy atom. The topological polar surface area (TPSA) is 20.3 Å². The fourth-order valence-corrected chi connectivity index (χ4v) is 1.86. The summed E-state index contributed by atoms with van der Waals surface area (Å²) in [5.74, 6) is 0. The third-order valence-corrected chi connectivity index (χ3v) is 2.61. The van der Waals surface area contributed by atoms with Gasteiger partial charge in [-0.1, -0.05) is 32.1 Å². The molecule has 0 atom stereocenters. The van der Waals surface area contributed by atoms with Crippen molar-refractivity contribution in [1.29, 1.82) is 0 Å². The van der Waals surface area contributed by atoms with E-state index in [-0.39, 0.29) is 0 Å². The molecule has 0 aliphatic heterocycles. The third kappa shape index (κ3) is 4.43. The maximum absolute atomic E-state index is 10.2. The smallest absolute Gasteiger partial charge is 0.142 e. The fraction of sp³-hybridized carbons (Fsp3) is 0.400. The number of hydrogen-bond donors (Lipinski definition) is 0. The molecule has 1 aromatic carbocycles. The molecule has 0 unspecified atom stereocenters. The van der Waals surface area contributed by atoms with Crippen molar-refractivity contribution >= 4 is 18.0 Å². The van der Waals surface area contributed by atoms with Crippen LogP contribution in [0, 0.1) is 0 Å². The van der Waals surface area contributed by atoms with Crippen molar-refractivity contribution in [3.8, 4) is 0 Å². The second kappa shape index (κ2) is 7.66. The van der Waals surface area contributed by atoms with Gasteiger partial charge in [-0.15, -0.1) is 0 Å². The molecule has 1 aromatic rings. The standard InChI is InChI=1S/C15H21NO/c1-3-11-16(12-4-2)15-9-7-14(8-10-15)6-5-13-17/h5-10,13H,3-4,11-12H2,1-2H3. The lowest BCUT2D eigenvalue weighted by atomic mass is 10.1. The van der Waals surface area contributed by atoms with Crippen LogP contribution in [-0.4, -0.2) is 19.4 Å². The van der Waals surface area contributed by atoms with Gasteiger partial charge in [0.05, 0.1) is 0 Å². The van der Waals surface area contributed by atoms with Crippen molar-refractivity contribution in [1.82, 2.24) is 0 Å². The van der Waals surface area contributed by atoms with Gasteiger partial charge in [0.25, 0.3) is 0 Å². The summed E-state index contributed by atoms with van der Waals surface area (Å²) < 4.78 is 0. The zero-order valence-electron chi connectivity index (χ0n) is 10.7. The highest BCUT2D eigenvalue weighted by Crippen LogP contribution is 2.16. The average Bonchev–Trinajstić information content (AvgIpc) is 2.37. The predicted molar refractivity (Wildman–Crippen MR) is 74.3 cm³/mol. The Morgan fingerprint density at radius 1 is 1.06 bits per heavy atom. The quantitative estimate of drug-likeness (QED) is 0.528. The van der Waals surface area contributed by atoms with Crippen LogP contribution in [0.3, 0.4) is 0 Å². The molecular formula is C15H21NO. The van der Waals surface area contributed by atoms with Gasteiger partial charge >= 0.3 is 0 Å². The Bertz CT molecular complexity index is 348. The fourth-order valence-electron chi connectivity index (χ4n) is 1.86. The molecule has 0 radical (unpaired) electrons. The Labute approximate surface area is 104 Å². The molecule has 0 N–H and O–H groups in total. The molecule has 92 valence electrons.